The average Bonchev–Trinajstić information content (AvgIpc) is 2.92. The highest BCUT2D eigenvalue weighted by Crippen LogP contribution is 2.19. The maximum atomic E-state index is 11.9. The van der Waals surface area contributed by atoms with Crippen LogP contribution >= 0.6 is 11.3 Å². The van der Waals surface area contributed by atoms with Crippen LogP contribution in [0.25, 0.3) is 0 Å². The fourth-order valence-electron chi connectivity index (χ4n) is 1.61. The Labute approximate surface area is 115 Å². The predicted octanol–water partition coefficient (Wildman–Crippen LogP) is 2.59. The van der Waals surface area contributed by atoms with Gasteiger partial charge in [-0.15, -0.1) is 11.3 Å². The Kier molecular flexibility index (Phi) is 4.09. The first kappa shape index (κ1) is 13.5. The Morgan fingerprint density at radius 1 is 1.21 bits per heavy atom. The van der Waals surface area contributed by atoms with Gasteiger partial charge in [0.25, 0.3) is 0 Å². The van der Waals surface area contributed by atoms with E-state index in [9.17, 15) is 9.59 Å². The van der Waals surface area contributed by atoms with Crippen molar-refractivity contribution in [2.24, 2.45) is 5.73 Å². The Morgan fingerprint density at radius 2 is 1.89 bits per heavy atom. The molecule has 98 valence electrons. The molecule has 0 bridgehead atoms. The lowest BCUT2D eigenvalue weighted by molar-refractivity contribution is -0.117. The Balaban J connectivity index is 2.04. The number of benzene rings is 1. The van der Waals surface area contributed by atoms with E-state index in [0.717, 1.165) is 4.88 Å². The molecule has 1 unspecified atom stereocenters. The zero-order valence-electron chi connectivity index (χ0n) is 10.4. The first-order valence-corrected chi connectivity index (χ1v) is 6.67. The minimum absolute atomic E-state index is 0.00633. The largest absolute Gasteiger partial charge is 0.324 e. The maximum absolute atomic E-state index is 11.9. The SMILES string of the molecule is CC(=O)c1ccc(NC(=O)C(N)c2cccs2)cc1. The molecule has 1 amide bonds. The number of ketones is 1. The van der Waals surface area contributed by atoms with Crippen molar-refractivity contribution in [2.45, 2.75) is 13.0 Å². The van der Waals surface area contributed by atoms with Crippen molar-refractivity contribution in [1.29, 1.82) is 0 Å². The van der Waals surface area contributed by atoms with Gasteiger partial charge in [-0.1, -0.05) is 6.07 Å². The first-order chi connectivity index (χ1) is 9.08. The standard InChI is InChI=1S/C14H14N2O2S/c1-9(17)10-4-6-11(7-5-10)16-14(18)13(15)12-3-2-8-19-12/h2-8,13H,15H2,1H3,(H,16,18). The summed E-state index contributed by atoms with van der Waals surface area (Å²) in [7, 11) is 0. The van der Waals surface area contributed by atoms with E-state index in [2.05, 4.69) is 5.32 Å². The van der Waals surface area contributed by atoms with Crippen LogP contribution in [0.1, 0.15) is 28.2 Å². The number of rotatable bonds is 4. The molecular formula is C14H14N2O2S. The van der Waals surface area contributed by atoms with Gasteiger partial charge in [0.15, 0.2) is 5.78 Å². The second-order valence-electron chi connectivity index (χ2n) is 4.12. The van der Waals surface area contributed by atoms with Crippen molar-refractivity contribution in [1.82, 2.24) is 0 Å². The Morgan fingerprint density at radius 3 is 2.42 bits per heavy atom. The molecule has 0 saturated heterocycles. The highest BCUT2D eigenvalue weighted by atomic mass is 32.1. The van der Waals surface area contributed by atoms with Crippen molar-refractivity contribution >= 4 is 28.7 Å². The molecule has 4 nitrogen and oxygen atoms in total. The van der Waals surface area contributed by atoms with E-state index >= 15 is 0 Å². The summed E-state index contributed by atoms with van der Waals surface area (Å²) in [5.74, 6) is -0.272. The molecule has 3 N–H and O–H groups in total. The van der Waals surface area contributed by atoms with Crippen molar-refractivity contribution in [3.05, 3.63) is 52.2 Å². The fraction of sp³-hybridized carbons (Fsp3) is 0.143. The van der Waals surface area contributed by atoms with Gasteiger partial charge in [-0.25, -0.2) is 0 Å². The number of amides is 1. The highest BCUT2D eigenvalue weighted by Gasteiger charge is 2.16. The summed E-state index contributed by atoms with van der Waals surface area (Å²) in [6, 6.07) is 9.74. The third kappa shape index (κ3) is 3.27. The van der Waals surface area contributed by atoms with Crippen molar-refractivity contribution in [2.75, 3.05) is 5.32 Å². The second-order valence-corrected chi connectivity index (χ2v) is 5.10. The van der Waals surface area contributed by atoms with Gasteiger partial charge < -0.3 is 11.1 Å². The monoisotopic (exact) mass is 274 g/mol. The molecule has 1 atom stereocenters. The van der Waals surface area contributed by atoms with Crippen molar-refractivity contribution in [3.63, 3.8) is 0 Å². The van der Waals surface area contributed by atoms with E-state index in [-0.39, 0.29) is 11.7 Å². The number of nitrogens with one attached hydrogen (secondary N) is 1. The lowest BCUT2D eigenvalue weighted by Crippen LogP contribution is -2.26. The quantitative estimate of drug-likeness (QED) is 0.842. The van der Waals surface area contributed by atoms with E-state index in [1.807, 2.05) is 17.5 Å². The minimum atomic E-state index is -0.674. The number of hydrogen-bond acceptors (Lipinski definition) is 4. The molecule has 19 heavy (non-hydrogen) atoms. The van der Waals surface area contributed by atoms with E-state index in [1.165, 1.54) is 18.3 Å². The highest BCUT2D eigenvalue weighted by molar-refractivity contribution is 7.10. The number of carbonyl (C=O) groups is 2. The lowest BCUT2D eigenvalue weighted by Gasteiger charge is -2.10. The molecule has 0 fully saturated rings. The minimum Gasteiger partial charge on any atom is -0.324 e. The zero-order chi connectivity index (χ0) is 13.8. The summed E-state index contributed by atoms with van der Waals surface area (Å²) >= 11 is 1.45. The Hall–Kier alpha value is -1.98. The average molecular weight is 274 g/mol. The van der Waals surface area contributed by atoms with Gasteiger partial charge in [0, 0.05) is 16.1 Å². The summed E-state index contributed by atoms with van der Waals surface area (Å²) in [4.78, 5) is 23.9. The maximum Gasteiger partial charge on any atom is 0.246 e. The molecule has 0 aliphatic carbocycles. The van der Waals surface area contributed by atoms with Crippen LogP contribution in [0, 0.1) is 0 Å². The molecule has 0 aliphatic rings. The van der Waals surface area contributed by atoms with E-state index in [0.29, 0.717) is 11.3 Å². The number of nitrogens with two attached hydrogens (primary N) is 1. The predicted molar refractivity (Wildman–Crippen MR) is 76.3 cm³/mol. The molecule has 0 spiro atoms. The third-order valence-electron chi connectivity index (χ3n) is 2.69. The van der Waals surface area contributed by atoms with Gasteiger partial charge in [-0.2, -0.15) is 0 Å². The summed E-state index contributed by atoms with van der Waals surface area (Å²) in [5.41, 5.74) is 7.09. The fourth-order valence-corrected chi connectivity index (χ4v) is 2.33. The van der Waals surface area contributed by atoms with E-state index < -0.39 is 6.04 Å². The molecule has 0 saturated carbocycles. The van der Waals surface area contributed by atoms with Gasteiger partial charge in [0.1, 0.15) is 6.04 Å². The molecular weight excluding hydrogens is 260 g/mol. The number of thiophene rings is 1. The number of carbonyl (C=O) groups excluding carboxylic acids is 2. The second kappa shape index (κ2) is 5.77. The molecule has 1 aromatic carbocycles. The smallest absolute Gasteiger partial charge is 0.246 e. The lowest BCUT2D eigenvalue weighted by atomic mass is 10.1. The zero-order valence-corrected chi connectivity index (χ0v) is 11.2. The van der Waals surface area contributed by atoms with Crippen LogP contribution in [0.2, 0.25) is 0 Å². The molecule has 2 aromatic rings. The number of anilines is 1. The topological polar surface area (TPSA) is 72.2 Å². The Bertz CT molecular complexity index is 576. The molecule has 0 radical (unpaired) electrons. The van der Waals surface area contributed by atoms with Gasteiger partial charge in [-0.05, 0) is 42.6 Å². The van der Waals surface area contributed by atoms with Crippen LogP contribution in [0.4, 0.5) is 5.69 Å². The van der Waals surface area contributed by atoms with Gasteiger partial charge in [0.05, 0.1) is 0 Å². The van der Waals surface area contributed by atoms with Gasteiger partial charge >= 0.3 is 0 Å². The normalized spacial score (nSPS) is 11.9. The van der Waals surface area contributed by atoms with Crippen molar-refractivity contribution < 1.29 is 9.59 Å². The number of hydrogen-bond donors (Lipinski definition) is 2. The van der Waals surface area contributed by atoms with Gasteiger partial charge in [0.2, 0.25) is 5.91 Å². The van der Waals surface area contributed by atoms with Gasteiger partial charge in [-0.3, -0.25) is 9.59 Å². The molecule has 1 heterocycles. The van der Waals surface area contributed by atoms with Crippen LogP contribution in [0.15, 0.2) is 41.8 Å². The molecule has 2 rings (SSSR count). The van der Waals surface area contributed by atoms with Crippen LogP contribution in [0.3, 0.4) is 0 Å². The molecule has 1 aromatic heterocycles. The summed E-state index contributed by atoms with van der Waals surface area (Å²) in [6.45, 7) is 1.50. The summed E-state index contributed by atoms with van der Waals surface area (Å²) < 4.78 is 0. The molecule has 0 aliphatic heterocycles. The summed E-state index contributed by atoms with van der Waals surface area (Å²) in [6.07, 6.45) is 0. The third-order valence-corrected chi connectivity index (χ3v) is 3.65. The number of Topliss-reactive ketones (excluding diaryl/α,β-unsaturated/α-hetero) is 1. The van der Waals surface area contributed by atoms with Crippen LogP contribution < -0.4 is 11.1 Å². The van der Waals surface area contributed by atoms with E-state index in [1.54, 1.807) is 24.3 Å². The molecule has 5 heteroatoms. The first-order valence-electron chi connectivity index (χ1n) is 5.79. The van der Waals surface area contributed by atoms with E-state index in [4.69, 9.17) is 5.73 Å². The van der Waals surface area contributed by atoms with Crippen molar-refractivity contribution in [3.8, 4) is 0 Å². The van der Waals surface area contributed by atoms with Crippen LogP contribution in [0.5, 0.6) is 0 Å². The summed E-state index contributed by atoms with van der Waals surface area (Å²) in [5, 5.41) is 4.61. The van der Waals surface area contributed by atoms with Crippen LogP contribution in [-0.4, -0.2) is 11.7 Å². The van der Waals surface area contributed by atoms with Crippen LogP contribution in [-0.2, 0) is 4.79 Å².